The number of nitrogens with two attached hydrogens (primary N) is 1. The highest BCUT2D eigenvalue weighted by atomic mass is 16.3. The summed E-state index contributed by atoms with van der Waals surface area (Å²) in [6, 6.07) is 9.98. The van der Waals surface area contributed by atoms with Crippen molar-refractivity contribution in [1.29, 1.82) is 0 Å². The molecule has 1 aliphatic carbocycles. The van der Waals surface area contributed by atoms with Crippen LogP contribution in [0.3, 0.4) is 0 Å². The van der Waals surface area contributed by atoms with Crippen LogP contribution in [0.2, 0.25) is 0 Å². The second kappa shape index (κ2) is 7.14. The summed E-state index contributed by atoms with van der Waals surface area (Å²) in [6.07, 6.45) is 5.58. The Hall–Kier alpha value is -1.55. The van der Waals surface area contributed by atoms with E-state index in [0.717, 1.165) is 18.4 Å². The van der Waals surface area contributed by atoms with Gasteiger partial charge in [-0.1, -0.05) is 49.6 Å². The zero-order valence-corrected chi connectivity index (χ0v) is 11.3. The van der Waals surface area contributed by atoms with Gasteiger partial charge in [0.1, 0.15) is 0 Å². The van der Waals surface area contributed by atoms with Gasteiger partial charge in [0, 0.05) is 6.04 Å². The van der Waals surface area contributed by atoms with E-state index in [9.17, 15) is 5.11 Å². The third-order valence-corrected chi connectivity index (χ3v) is 3.58. The zero-order valence-electron chi connectivity index (χ0n) is 11.3. The first-order valence-corrected chi connectivity index (χ1v) is 7.05. The van der Waals surface area contributed by atoms with Crippen LogP contribution in [0.25, 0.3) is 0 Å². The molecule has 4 N–H and O–H groups in total. The number of aliphatic hydroxyl groups is 1. The predicted molar refractivity (Wildman–Crippen MR) is 77.9 cm³/mol. The van der Waals surface area contributed by atoms with Crippen LogP contribution in [0, 0.1) is 0 Å². The van der Waals surface area contributed by atoms with Crippen molar-refractivity contribution in [1.82, 2.24) is 5.32 Å². The van der Waals surface area contributed by atoms with Crippen molar-refractivity contribution in [3.8, 4) is 0 Å². The Labute approximate surface area is 114 Å². The molecule has 0 bridgehead atoms. The number of nitrogens with one attached hydrogen (secondary N) is 1. The monoisotopic (exact) mass is 261 g/mol. The van der Waals surface area contributed by atoms with Crippen molar-refractivity contribution >= 4 is 5.96 Å². The highest BCUT2D eigenvalue weighted by Crippen LogP contribution is 2.17. The van der Waals surface area contributed by atoms with Gasteiger partial charge >= 0.3 is 0 Å². The second-order valence-corrected chi connectivity index (χ2v) is 5.13. The molecule has 1 unspecified atom stereocenters. The Morgan fingerprint density at radius 3 is 2.63 bits per heavy atom. The van der Waals surface area contributed by atoms with E-state index in [1.165, 1.54) is 19.3 Å². The molecule has 4 heteroatoms. The van der Waals surface area contributed by atoms with Crippen molar-refractivity contribution in [3.05, 3.63) is 35.9 Å². The average molecular weight is 261 g/mol. The van der Waals surface area contributed by atoms with Crippen molar-refractivity contribution in [2.24, 2.45) is 10.7 Å². The molecule has 1 aromatic rings. The van der Waals surface area contributed by atoms with Gasteiger partial charge in [-0.2, -0.15) is 0 Å². The van der Waals surface area contributed by atoms with Gasteiger partial charge in [0.15, 0.2) is 5.96 Å². The first-order chi connectivity index (χ1) is 9.25. The fourth-order valence-electron chi connectivity index (χ4n) is 2.47. The molecule has 0 spiro atoms. The van der Waals surface area contributed by atoms with Crippen LogP contribution in [0.1, 0.15) is 43.8 Å². The standard InChI is InChI=1S/C15H23N3O/c16-15(18-13-9-5-2-6-10-13)17-11-14(19)12-7-3-1-4-8-12/h1,3-4,7-8,13-14,19H,2,5-6,9-11H2,(H3,16,17,18). The lowest BCUT2D eigenvalue weighted by Crippen LogP contribution is -2.41. The molecule has 0 radical (unpaired) electrons. The Morgan fingerprint density at radius 1 is 1.26 bits per heavy atom. The Balaban J connectivity index is 1.80. The number of aliphatic hydroxyl groups excluding tert-OH is 1. The minimum absolute atomic E-state index is 0.301. The Kier molecular flexibility index (Phi) is 5.21. The lowest BCUT2D eigenvalue weighted by molar-refractivity contribution is 0.187. The molecule has 0 amide bonds. The molecule has 104 valence electrons. The summed E-state index contributed by atoms with van der Waals surface area (Å²) < 4.78 is 0. The minimum Gasteiger partial charge on any atom is -0.386 e. The largest absolute Gasteiger partial charge is 0.386 e. The number of hydrogen-bond donors (Lipinski definition) is 3. The Morgan fingerprint density at radius 2 is 1.95 bits per heavy atom. The fraction of sp³-hybridized carbons (Fsp3) is 0.533. The quantitative estimate of drug-likeness (QED) is 0.573. The van der Waals surface area contributed by atoms with E-state index in [1.807, 2.05) is 30.3 Å². The van der Waals surface area contributed by atoms with Crippen molar-refractivity contribution < 1.29 is 5.11 Å². The fourth-order valence-corrected chi connectivity index (χ4v) is 2.47. The third-order valence-electron chi connectivity index (χ3n) is 3.58. The van der Waals surface area contributed by atoms with Crippen LogP contribution >= 0.6 is 0 Å². The van der Waals surface area contributed by atoms with Crippen molar-refractivity contribution in [3.63, 3.8) is 0 Å². The number of guanidine groups is 1. The van der Waals surface area contributed by atoms with Crippen LogP contribution in [0.15, 0.2) is 35.3 Å². The van der Waals surface area contributed by atoms with Crippen molar-refractivity contribution in [2.45, 2.75) is 44.2 Å². The third kappa shape index (κ3) is 4.56. The van der Waals surface area contributed by atoms with Crippen LogP contribution in [-0.2, 0) is 0 Å². The molecule has 1 atom stereocenters. The lowest BCUT2D eigenvalue weighted by Gasteiger charge is -2.23. The molecule has 1 aromatic carbocycles. The zero-order chi connectivity index (χ0) is 13.5. The van der Waals surface area contributed by atoms with E-state index < -0.39 is 6.10 Å². The molecule has 1 saturated carbocycles. The first kappa shape index (κ1) is 13.9. The van der Waals surface area contributed by atoms with E-state index in [1.54, 1.807) is 0 Å². The number of hydrogen-bond acceptors (Lipinski definition) is 2. The van der Waals surface area contributed by atoms with Gasteiger partial charge in [0.05, 0.1) is 12.6 Å². The van der Waals surface area contributed by atoms with Gasteiger partial charge in [-0.15, -0.1) is 0 Å². The van der Waals surface area contributed by atoms with Gasteiger partial charge in [-0.05, 0) is 18.4 Å². The summed E-state index contributed by atoms with van der Waals surface area (Å²) in [7, 11) is 0. The molecule has 0 saturated heterocycles. The lowest BCUT2D eigenvalue weighted by atomic mass is 9.96. The molecule has 2 rings (SSSR count). The highest BCUT2D eigenvalue weighted by Gasteiger charge is 2.13. The molecule has 0 aromatic heterocycles. The van der Waals surface area contributed by atoms with Gasteiger partial charge in [0.25, 0.3) is 0 Å². The molecular weight excluding hydrogens is 238 g/mol. The molecule has 1 fully saturated rings. The van der Waals surface area contributed by atoms with Gasteiger partial charge in [-0.3, -0.25) is 4.99 Å². The maximum Gasteiger partial charge on any atom is 0.188 e. The SMILES string of the molecule is NC(=NCC(O)c1ccccc1)NC1CCCCC1. The molecule has 19 heavy (non-hydrogen) atoms. The minimum atomic E-state index is -0.590. The topological polar surface area (TPSA) is 70.6 Å². The van der Waals surface area contributed by atoms with E-state index in [2.05, 4.69) is 10.3 Å². The summed E-state index contributed by atoms with van der Waals surface area (Å²) in [6.45, 7) is 0.301. The van der Waals surface area contributed by atoms with Crippen molar-refractivity contribution in [2.75, 3.05) is 6.54 Å². The van der Waals surface area contributed by atoms with E-state index in [-0.39, 0.29) is 0 Å². The number of rotatable bonds is 4. The number of benzene rings is 1. The second-order valence-electron chi connectivity index (χ2n) is 5.13. The molecule has 0 aliphatic heterocycles. The van der Waals surface area contributed by atoms with Gasteiger partial charge in [-0.25, -0.2) is 0 Å². The number of aliphatic imine (C=N–C) groups is 1. The predicted octanol–water partition coefficient (Wildman–Crippen LogP) is 1.96. The summed E-state index contributed by atoms with van der Waals surface area (Å²) in [5, 5.41) is 13.2. The summed E-state index contributed by atoms with van der Waals surface area (Å²) in [5.74, 6) is 0.446. The highest BCUT2D eigenvalue weighted by molar-refractivity contribution is 5.78. The molecule has 4 nitrogen and oxygen atoms in total. The maximum atomic E-state index is 9.98. The molecule has 1 aliphatic rings. The van der Waals surface area contributed by atoms with E-state index >= 15 is 0 Å². The van der Waals surface area contributed by atoms with E-state index in [0.29, 0.717) is 18.5 Å². The normalized spacial score (nSPS) is 19.1. The van der Waals surface area contributed by atoms with Crippen LogP contribution < -0.4 is 11.1 Å². The van der Waals surface area contributed by atoms with Gasteiger partial charge in [0.2, 0.25) is 0 Å². The summed E-state index contributed by atoms with van der Waals surface area (Å²) in [4.78, 5) is 4.23. The maximum absolute atomic E-state index is 9.98. The summed E-state index contributed by atoms with van der Waals surface area (Å²) in [5.41, 5.74) is 6.73. The average Bonchev–Trinajstić information content (AvgIpc) is 2.47. The van der Waals surface area contributed by atoms with Crippen LogP contribution in [0.5, 0.6) is 0 Å². The smallest absolute Gasteiger partial charge is 0.188 e. The first-order valence-electron chi connectivity index (χ1n) is 7.05. The van der Waals surface area contributed by atoms with Gasteiger partial charge < -0.3 is 16.2 Å². The van der Waals surface area contributed by atoms with Crippen LogP contribution in [0.4, 0.5) is 0 Å². The van der Waals surface area contributed by atoms with E-state index in [4.69, 9.17) is 5.73 Å². The molecule has 0 heterocycles. The Bertz CT molecular complexity index is 399. The number of nitrogens with zero attached hydrogens (tertiary/aromatic N) is 1. The molecular formula is C15H23N3O. The van der Waals surface area contributed by atoms with Crippen LogP contribution in [-0.4, -0.2) is 23.7 Å². The summed E-state index contributed by atoms with van der Waals surface area (Å²) >= 11 is 0.